The second-order valence-corrected chi connectivity index (χ2v) is 10.6. The van der Waals surface area contributed by atoms with Crippen molar-refractivity contribution >= 4 is 17.5 Å². The van der Waals surface area contributed by atoms with Crippen LogP contribution < -0.4 is 5.32 Å². The topological polar surface area (TPSA) is 53.9 Å². The lowest BCUT2D eigenvalue weighted by molar-refractivity contribution is -0.123. The lowest BCUT2D eigenvalue weighted by atomic mass is 9.52. The summed E-state index contributed by atoms with van der Waals surface area (Å²) in [5, 5.41) is 3.14. The summed E-state index contributed by atoms with van der Waals surface area (Å²) in [7, 11) is 2.16. The van der Waals surface area contributed by atoms with E-state index in [-0.39, 0.29) is 17.0 Å². The Morgan fingerprint density at radius 1 is 1.14 bits per heavy atom. The molecule has 1 aromatic carbocycles. The number of carbonyl (C=O) groups is 1. The molecule has 4 bridgehead atoms. The Hall–Kier alpha value is -1.88. The fourth-order valence-corrected chi connectivity index (χ4v) is 6.61. The van der Waals surface area contributed by atoms with E-state index < -0.39 is 0 Å². The molecule has 0 atom stereocenters. The number of rotatable bonds is 5. The van der Waals surface area contributed by atoms with E-state index in [9.17, 15) is 4.79 Å². The molecular formula is C24H33N3O2. The molecule has 4 saturated carbocycles. The Bertz CT molecular complexity index is 809. The average molecular weight is 396 g/mol. The van der Waals surface area contributed by atoms with Crippen molar-refractivity contribution in [1.29, 1.82) is 0 Å². The molecule has 29 heavy (non-hydrogen) atoms. The van der Waals surface area contributed by atoms with Gasteiger partial charge in [-0.25, -0.2) is 4.99 Å². The second-order valence-electron chi connectivity index (χ2n) is 10.6. The van der Waals surface area contributed by atoms with Crippen LogP contribution in [0.3, 0.4) is 0 Å². The Labute approximate surface area is 173 Å². The Morgan fingerprint density at radius 3 is 2.34 bits per heavy atom. The SMILES string of the molecule is CN(CC(=O)Nc1ccccc1C1=NC(C)(C)CO1)C12CC3CC(CC(C3)C1)C2. The Kier molecular flexibility index (Phi) is 4.50. The number of amides is 1. The number of hydrogen-bond acceptors (Lipinski definition) is 4. The molecule has 5 heteroatoms. The number of carbonyl (C=O) groups excluding carboxylic acids is 1. The van der Waals surface area contributed by atoms with Gasteiger partial charge in [0.15, 0.2) is 0 Å². The van der Waals surface area contributed by atoms with E-state index in [2.05, 4.69) is 36.1 Å². The van der Waals surface area contributed by atoms with Crippen molar-refractivity contribution in [2.45, 2.75) is 63.5 Å². The van der Waals surface area contributed by atoms with E-state index in [1.807, 2.05) is 24.3 Å². The van der Waals surface area contributed by atoms with Crippen LogP contribution in [0.5, 0.6) is 0 Å². The minimum atomic E-state index is -0.217. The molecule has 6 rings (SSSR count). The number of nitrogens with zero attached hydrogens (tertiary/aromatic N) is 2. The molecule has 0 spiro atoms. The van der Waals surface area contributed by atoms with E-state index >= 15 is 0 Å². The maximum Gasteiger partial charge on any atom is 0.238 e. The smallest absolute Gasteiger partial charge is 0.238 e. The summed E-state index contributed by atoms with van der Waals surface area (Å²) in [6, 6.07) is 7.82. The van der Waals surface area contributed by atoms with Gasteiger partial charge < -0.3 is 10.1 Å². The van der Waals surface area contributed by atoms with Crippen LogP contribution in [-0.4, -0.2) is 48.0 Å². The van der Waals surface area contributed by atoms with Crippen molar-refractivity contribution in [2.24, 2.45) is 22.7 Å². The van der Waals surface area contributed by atoms with Gasteiger partial charge in [-0.3, -0.25) is 9.69 Å². The minimum Gasteiger partial charge on any atom is -0.475 e. The van der Waals surface area contributed by atoms with Crippen LogP contribution >= 0.6 is 0 Å². The first-order valence-electron chi connectivity index (χ1n) is 11.2. The van der Waals surface area contributed by atoms with Gasteiger partial charge in [0.05, 0.1) is 23.3 Å². The number of benzene rings is 1. The van der Waals surface area contributed by atoms with Crippen molar-refractivity contribution in [2.75, 3.05) is 25.5 Å². The number of aliphatic imine (C=N–C) groups is 1. The average Bonchev–Trinajstić information content (AvgIpc) is 3.00. The van der Waals surface area contributed by atoms with Crippen molar-refractivity contribution < 1.29 is 9.53 Å². The van der Waals surface area contributed by atoms with Crippen LogP contribution in [0.1, 0.15) is 57.9 Å². The molecular weight excluding hydrogens is 362 g/mol. The van der Waals surface area contributed by atoms with E-state index in [1.165, 1.54) is 38.5 Å². The van der Waals surface area contributed by atoms with E-state index in [1.54, 1.807) is 0 Å². The maximum atomic E-state index is 13.0. The number of likely N-dealkylation sites (N-methyl/N-ethyl adjacent to an activating group) is 1. The molecule has 1 heterocycles. The monoisotopic (exact) mass is 395 g/mol. The zero-order valence-corrected chi connectivity index (χ0v) is 17.9. The van der Waals surface area contributed by atoms with Gasteiger partial charge >= 0.3 is 0 Å². The molecule has 0 unspecified atom stereocenters. The van der Waals surface area contributed by atoms with Crippen molar-refractivity contribution in [1.82, 2.24) is 4.90 Å². The molecule has 5 nitrogen and oxygen atoms in total. The van der Waals surface area contributed by atoms with Gasteiger partial charge in [0.1, 0.15) is 6.61 Å². The molecule has 1 aliphatic heterocycles. The molecule has 1 amide bonds. The predicted octanol–water partition coefficient (Wildman–Crippen LogP) is 4.08. The fourth-order valence-electron chi connectivity index (χ4n) is 6.61. The van der Waals surface area contributed by atoms with E-state index in [0.29, 0.717) is 19.0 Å². The van der Waals surface area contributed by atoms with E-state index in [0.717, 1.165) is 29.0 Å². The molecule has 4 fully saturated rings. The highest BCUT2D eigenvalue weighted by atomic mass is 16.5. The number of anilines is 1. The first kappa shape index (κ1) is 19.1. The van der Waals surface area contributed by atoms with Crippen LogP contribution in [0.15, 0.2) is 29.3 Å². The number of para-hydroxylation sites is 1. The maximum absolute atomic E-state index is 13.0. The highest BCUT2D eigenvalue weighted by Gasteiger charge is 2.52. The first-order valence-corrected chi connectivity index (χ1v) is 11.2. The number of nitrogens with one attached hydrogen (secondary N) is 1. The third-order valence-corrected chi connectivity index (χ3v) is 7.59. The van der Waals surface area contributed by atoms with Crippen LogP contribution in [0.2, 0.25) is 0 Å². The first-order chi connectivity index (χ1) is 13.8. The highest BCUT2D eigenvalue weighted by Crippen LogP contribution is 2.57. The zero-order valence-electron chi connectivity index (χ0n) is 17.9. The van der Waals surface area contributed by atoms with Gasteiger partial charge in [0.25, 0.3) is 0 Å². The van der Waals surface area contributed by atoms with Crippen molar-refractivity contribution in [3.63, 3.8) is 0 Å². The summed E-state index contributed by atoms with van der Waals surface area (Å²) in [6.07, 6.45) is 8.10. The van der Waals surface area contributed by atoms with Crippen LogP contribution in [0.25, 0.3) is 0 Å². The molecule has 4 aliphatic carbocycles. The fraction of sp³-hybridized carbons (Fsp3) is 0.667. The summed E-state index contributed by atoms with van der Waals surface area (Å²) < 4.78 is 5.81. The van der Waals surface area contributed by atoms with Gasteiger partial charge in [-0.05, 0) is 89.3 Å². The third kappa shape index (κ3) is 3.58. The summed E-state index contributed by atoms with van der Waals surface area (Å²) in [5.41, 5.74) is 1.68. The molecule has 5 aliphatic rings. The minimum absolute atomic E-state index is 0.0496. The summed E-state index contributed by atoms with van der Waals surface area (Å²) >= 11 is 0. The van der Waals surface area contributed by atoms with Gasteiger partial charge in [-0.15, -0.1) is 0 Å². The summed E-state index contributed by atoms with van der Waals surface area (Å²) in [5.74, 6) is 3.32. The quantitative estimate of drug-likeness (QED) is 0.817. The van der Waals surface area contributed by atoms with Gasteiger partial charge in [-0.1, -0.05) is 12.1 Å². The third-order valence-electron chi connectivity index (χ3n) is 7.59. The lowest BCUT2D eigenvalue weighted by Gasteiger charge is -2.59. The molecule has 1 aromatic rings. The van der Waals surface area contributed by atoms with Gasteiger partial charge in [0, 0.05) is 5.54 Å². The molecule has 1 N–H and O–H groups in total. The Morgan fingerprint density at radius 2 is 1.76 bits per heavy atom. The predicted molar refractivity (Wildman–Crippen MR) is 115 cm³/mol. The molecule has 0 aromatic heterocycles. The van der Waals surface area contributed by atoms with Gasteiger partial charge in [-0.2, -0.15) is 0 Å². The summed E-state index contributed by atoms with van der Waals surface area (Å²) in [4.78, 5) is 20.0. The second kappa shape index (κ2) is 6.83. The molecule has 0 saturated heterocycles. The largest absolute Gasteiger partial charge is 0.475 e. The normalized spacial score (nSPS) is 34.2. The lowest BCUT2D eigenvalue weighted by Crippen LogP contribution is -2.60. The van der Waals surface area contributed by atoms with E-state index in [4.69, 9.17) is 4.74 Å². The van der Waals surface area contributed by atoms with Gasteiger partial charge in [0.2, 0.25) is 11.8 Å². The van der Waals surface area contributed by atoms with Crippen LogP contribution in [-0.2, 0) is 9.53 Å². The molecule has 0 radical (unpaired) electrons. The van der Waals surface area contributed by atoms with Crippen molar-refractivity contribution in [3.05, 3.63) is 29.8 Å². The van der Waals surface area contributed by atoms with Crippen LogP contribution in [0, 0.1) is 17.8 Å². The highest BCUT2D eigenvalue weighted by molar-refractivity contribution is 6.04. The number of ether oxygens (including phenoxy) is 1. The van der Waals surface area contributed by atoms with Crippen molar-refractivity contribution in [3.8, 4) is 0 Å². The zero-order chi connectivity index (χ0) is 20.2. The molecule has 156 valence electrons. The standard InChI is InChI=1S/C24H33N3O2/c1-23(2)15-29-22(26-23)19-6-4-5-7-20(19)25-21(28)14-27(3)24-11-16-8-17(12-24)10-18(9-16)13-24/h4-7,16-18H,8-15H2,1-3H3,(H,25,28). The van der Waals surface area contributed by atoms with Crippen LogP contribution in [0.4, 0.5) is 5.69 Å². The summed E-state index contributed by atoms with van der Waals surface area (Å²) in [6.45, 7) is 5.13. The number of hydrogen-bond donors (Lipinski definition) is 1. The Balaban J connectivity index is 1.29.